The van der Waals surface area contributed by atoms with Gasteiger partial charge in [0.1, 0.15) is 5.75 Å². The normalized spacial score (nSPS) is 12.0. The fraction of sp³-hybridized carbons (Fsp3) is 0.222. The van der Waals surface area contributed by atoms with E-state index in [1.54, 1.807) is 37.4 Å². The molecule has 0 heterocycles. The van der Waals surface area contributed by atoms with Crippen molar-refractivity contribution in [3.63, 3.8) is 0 Å². The van der Waals surface area contributed by atoms with Gasteiger partial charge in [-0.25, -0.2) is 5.43 Å². The summed E-state index contributed by atoms with van der Waals surface area (Å²) in [5.41, 5.74) is 4.46. The van der Waals surface area contributed by atoms with Gasteiger partial charge < -0.3 is 9.64 Å². The Hall–Kier alpha value is -2.53. The smallest absolute Gasteiger partial charge is 0.280 e. The van der Waals surface area contributed by atoms with E-state index < -0.39 is 6.10 Å². The van der Waals surface area contributed by atoms with Crippen LogP contribution < -0.4 is 15.1 Å². The third-order valence-corrected chi connectivity index (χ3v) is 3.55. The SMILES string of the molecule is C[C@@H](Oc1ccc(Cl)cc1)C(=O)N/N=C/c1ccc(N(C)C)cc1. The second kappa shape index (κ2) is 8.36. The lowest BCUT2D eigenvalue weighted by Crippen LogP contribution is -2.33. The van der Waals surface area contributed by atoms with Gasteiger partial charge in [-0.3, -0.25) is 4.79 Å². The summed E-state index contributed by atoms with van der Waals surface area (Å²) in [4.78, 5) is 14.0. The van der Waals surface area contributed by atoms with Crippen molar-refractivity contribution in [3.8, 4) is 5.75 Å². The molecule has 2 rings (SSSR count). The fourth-order valence-corrected chi connectivity index (χ4v) is 2.02. The van der Waals surface area contributed by atoms with E-state index in [1.807, 2.05) is 43.3 Å². The summed E-state index contributed by atoms with van der Waals surface area (Å²) in [5, 5.41) is 4.57. The molecule has 24 heavy (non-hydrogen) atoms. The number of hydrazone groups is 1. The van der Waals surface area contributed by atoms with Gasteiger partial charge in [0.2, 0.25) is 0 Å². The molecule has 0 unspecified atom stereocenters. The van der Waals surface area contributed by atoms with Gasteiger partial charge in [0.05, 0.1) is 6.21 Å². The summed E-state index contributed by atoms with van der Waals surface area (Å²) in [6.07, 6.45) is 0.922. The Morgan fingerprint density at radius 2 is 1.79 bits per heavy atom. The molecule has 5 nitrogen and oxygen atoms in total. The van der Waals surface area contributed by atoms with E-state index in [0.29, 0.717) is 10.8 Å². The molecule has 2 aromatic rings. The van der Waals surface area contributed by atoms with Crippen LogP contribution in [0.25, 0.3) is 0 Å². The van der Waals surface area contributed by atoms with Gasteiger partial charge in [0.15, 0.2) is 6.10 Å². The number of hydrogen-bond donors (Lipinski definition) is 1. The molecule has 0 spiro atoms. The first-order valence-electron chi connectivity index (χ1n) is 7.48. The summed E-state index contributed by atoms with van der Waals surface area (Å²) in [5.74, 6) is 0.247. The third kappa shape index (κ3) is 5.28. The van der Waals surface area contributed by atoms with Crippen LogP contribution in [0, 0.1) is 0 Å². The van der Waals surface area contributed by atoms with E-state index in [4.69, 9.17) is 16.3 Å². The highest BCUT2D eigenvalue weighted by molar-refractivity contribution is 6.30. The van der Waals surface area contributed by atoms with Crippen LogP contribution in [0.2, 0.25) is 5.02 Å². The molecule has 1 N–H and O–H groups in total. The van der Waals surface area contributed by atoms with Crippen molar-refractivity contribution in [2.45, 2.75) is 13.0 Å². The van der Waals surface area contributed by atoms with Gasteiger partial charge >= 0.3 is 0 Å². The van der Waals surface area contributed by atoms with E-state index >= 15 is 0 Å². The van der Waals surface area contributed by atoms with Crippen molar-refractivity contribution >= 4 is 29.4 Å². The number of rotatable bonds is 6. The second-order valence-electron chi connectivity index (χ2n) is 5.43. The van der Waals surface area contributed by atoms with E-state index in [2.05, 4.69) is 10.5 Å². The van der Waals surface area contributed by atoms with Gasteiger partial charge in [-0.15, -0.1) is 0 Å². The minimum atomic E-state index is -0.667. The summed E-state index contributed by atoms with van der Waals surface area (Å²) < 4.78 is 5.53. The molecule has 6 heteroatoms. The lowest BCUT2D eigenvalue weighted by Gasteiger charge is -2.13. The quantitative estimate of drug-likeness (QED) is 0.645. The molecule has 0 radical (unpaired) electrons. The highest BCUT2D eigenvalue weighted by atomic mass is 35.5. The summed E-state index contributed by atoms with van der Waals surface area (Å²) in [6, 6.07) is 14.7. The Kier molecular flexibility index (Phi) is 6.21. The predicted molar refractivity (Wildman–Crippen MR) is 98.0 cm³/mol. The zero-order valence-electron chi connectivity index (χ0n) is 13.9. The molecule has 0 saturated carbocycles. The van der Waals surface area contributed by atoms with E-state index in [9.17, 15) is 4.79 Å². The predicted octanol–water partition coefficient (Wildman–Crippen LogP) is 3.32. The molecule has 0 aliphatic heterocycles. The number of carbonyl (C=O) groups is 1. The van der Waals surface area contributed by atoms with Crippen molar-refractivity contribution in [1.29, 1.82) is 0 Å². The Morgan fingerprint density at radius 3 is 2.38 bits per heavy atom. The lowest BCUT2D eigenvalue weighted by molar-refractivity contribution is -0.127. The Labute approximate surface area is 146 Å². The lowest BCUT2D eigenvalue weighted by atomic mass is 10.2. The first-order chi connectivity index (χ1) is 11.5. The first kappa shape index (κ1) is 17.8. The summed E-state index contributed by atoms with van der Waals surface area (Å²) in [7, 11) is 3.96. The number of carbonyl (C=O) groups excluding carboxylic acids is 1. The van der Waals surface area contributed by atoms with Gasteiger partial charge in [-0.05, 0) is 48.9 Å². The topological polar surface area (TPSA) is 53.9 Å². The Morgan fingerprint density at radius 1 is 1.17 bits per heavy atom. The highest BCUT2D eigenvalue weighted by Crippen LogP contribution is 2.16. The van der Waals surface area contributed by atoms with Gasteiger partial charge in [-0.2, -0.15) is 5.10 Å². The van der Waals surface area contributed by atoms with Crippen LogP contribution >= 0.6 is 11.6 Å². The molecule has 126 valence electrons. The maximum absolute atomic E-state index is 12.0. The largest absolute Gasteiger partial charge is 0.481 e. The minimum absolute atomic E-state index is 0.328. The maximum atomic E-state index is 12.0. The van der Waals surface area contributed by atoms with Gasteiger partial charge in [0.25, 0.3) is 5.91 Å². The molecule has 0 aliphatic carbocycles. The number of ether oxygens (including phenoxy) is 1. The standard InChI is InChI=1S/C18H20ClN3O2/c1-13(24-17-10-6-15(19)7-11-17)18(23)21-20-12-14-4-8-16(9-5-14)22(2)3/h4-13H,1-3H3,(H,21,23)/b20-12+/t13-/m1/s1. The van der Waals surface area contributed by atoms with Gasteiger partial charge in [0, 0.05) is 24.8 Å². The maximum Gasteiger partial charge on any atom is 0.280 e. The monoisotopic (exact) mass is 345 g/mol. The molecule has 1 atom stereocenters. The summed E-state index contributed by atoms with van der Waals surface area (Å²) in [6.45, 7) is 1.66. The summed E-state index contributed by atoms with van der Waals surface area (Å²) >= 11 is 5.81. The van der Waals surface area contributed by atoms with Crippen LogP contribution in [0.5, 0.6) is 5.75 Å². The molecule has 0 aromatic heterocycles. The molecule has 1 amide bonds. The van der Waals surface area contributed by atoms with Crippen molar-refractivity contribution in [1.82, 2.24) is 5.43 Å². The Balaban J connectivity index is 1.86. The van der Waals surface area contributed by atoms with Crippen LogP contribution in [0.15, 0.2) is 53.6 Å². The average Bonchev–Trinajstić information content (AvgIpc) is 2.57. The second-order valence-corrected chi connectivity index (χ2v) is 5.87. The Bertz CT molecular complexity index is 697. The van der Waals surface area contributed by atoms with Gasteiger partial charge in [-0.1, -0.05) is 23.7 Å². The van der Waals surface area contributed by atoms with E-state index in [-0.39, 0.29) is 5.91 Å². The molecule has 0 saturated heterocycles. The van der Waals surface area contributed by atoms with Crippen molar-refractivity contribution in [2.24, 2.45) is 5.10 Å². The number of nitrogens with one attached hydrogen (secondary N) is 1. The molecular weight excluding hydrogens is 326 g/mol. The zero-order valence-corrected chi connectivity index (χ0v) is 14.6. The van der Waals surface area contributed by atoms with Crippen LogP contribution in [-0.2, 0) is 4.79 Å². The highest BCUT2D eigenvalue weighted by Gasteiger charge is 2.13. The van der Waals surface area contributed by atoms with Crippen molar-refractivity contribution in [3.05, 3.63) is 59.1 Å². The fourth-order valence-electron chi connectivity index (χ4n) is 1.89. The number of benzene rings is 2. The van der Waals surface area contributed by atoms with Crippen molar-refractivity contribution < 1.29 is 9.53 Å². The number of halogens is 1. The van der Waals surface area contributed by atoms with Crippen LogP contribution in [0.4, 0.5) is 5.69 Å². The molecule has 0 aliphatic rings. The van der Waals surface area contributed by atoms with Crippen molar-refractivity contribution in [2.75, 3.05) is 19.0 Å². The number of anilines is 1. The molecule has 2 aromatic carbocycles. The zero-order chi connectivity index (χ0) is 17.5. The van der Waals surface area contributed by atoms with E-state index in [0.717, 1.165) is 11.3 Å². The number of hydrogen-bond acceptors (Lipinski definition) is 4. The number of nitrogens with zero attached hydrogens (tertiary/aromatic N) is 2. The number of amides is 1. The van der Waals surface area contributed by atoms with Crippen LogP contribution in [0.1, 0.15) is 12.5 Å². The first-order valence-corrected chi connectivity index (χ1v) is 7.86. The third-order valence-electron chi connectivity index (χ3n) is 3.29. The van der Waals surface area contributed by atoms with Crippen LogP contribution in [-0.4, -0.2) is 32.3 Å². The van der Waals surface area contributed by atoms with E-state index in [1.165, 1.54) is 0 Å². The van der Waals surface area contributed by atoms with Crippen LogP contribution in [0.3, 0.4) is 0 Å². The average molecular weight is 346 g/mol. The molecule has 0 bridgehead atoms. The minimum Gasteiger partial charge on any atom is -0.481 e. The molecular formula is C18H20ClN3O2. The molecule has 0 fully saturated rings.